The molecule has 0 spiro atoms. The summed E-state index contributed by atoms with van der Waals surface area (Å²) in [7, 11) is 0. The molecule has 1 aliphatic carbocycles. The van der Waals surface area contributed by atoms with E-state index in [0.717, 1.165) is 36.8 Å². The maximum absolute atomic E-state index is 13.3. The van der Waals surface area contributed by atoms with E-state index in [1.54, 1.807) is 11.0 Å². The van der Waals surface area contributed by atoms with E-state index in [0.29, 0.717) is 38.3 Å². The summed E-state index contributed by atoms with van der Waals surface area (Å²) >= 11 is 0. The molecule has 9 heteroatoms. The molecule has 32 heavy (non-hydrogen) atoms. The first-order valence-corrected chi connectivity index (χ1v) is 11.3. The van der Waals surface area contributed by atoms with Crippen LogP contribution in [0.25, 0.3) is 0 Å². The van der Waals surface area contributed by atoms with E-state index in [1.807, 2.05) is 21.9 Å². The molecule has 5 atom stereocenters. The third kappa shape index (κ3) is 3.34. The Balaban J connectivity index is 1.24. The highest BCUT2D eigenvalue weighted by atomic mass is 16.5. The summed E-state index contributed by atoms with van der Waals surface area (Å²) in [6.07, 6.45) is 3.97. The summed E-state index contributed by atoms with van der Waals surface area (Å²) in [6.45, 7) is 2.04. The third-order valence-electron chi connectivity index (χ3n) is 7.43. The number of hydrogen-bond acceptors (Lipinski definition) is 7. The zero-order valence-corrected chi connectivity index (χ0v) is 17.9. The van der Waals surface area contributed by atoms with Gasteiger partial charge in [0.2, 0.25) is 11.8 Å². The second kappa shape index (κ2) is 8.19. The largest absolute Gasteiger partial charge is 0.429 e. The highest BCUT2D eigenvalue weighted by Gasteiger charge is 2.53. The molecular formula is C23H27N5O4. The molecule has 1 aromatic rings. The Hall–Kier alpha value is -2.96. The van der Waals surface area contributed by atoms with E-state index < -0.39 is 6.04 Å². The second-order valence-corrected chi connectivity index (χ2v) is 9.16. The lowest BCUT2D eigenvalue weighted by molar-refractivity contribution is -0.141. The summed E-state index contributed by atoms with van der Waals surface area (Å²) in [5.74, 6) is 0.428. The Labute approximate surface area is 186 Å². The number of hydrogen-bond donors (Lipinski definition) is 1. The normalized spacial score (nSPS) is 29.8. The number of carbonyl (C=O) groups excluding carboxylic acids is 3. The topological polar surface area (TPSA) is 120 Å². The third-order valence-corrected chi connectivity index (χ3v) is 7.43. The first-order valence-electron chi connectivity index (χ1n) is 11.3. The molecular weight excluding hydrogens is 410 g/mol. The molecule has 0 unspecified atom stereocenters. The first-order chi connectivity index (χ1) is 15.5. The van der Waals surface area contributed by atoms with Crippen molar-refractivity contribution >= 4 is 18.3 Å². The van der Waals surface area contributed by atoms with E-state index in [1.165, 1.54) is 0 Å². The molecule has 2 bridgehead atoms. The number of carbonyl (C=O) groups is 3. The lowest BCUT2D eigenvalue weighted by Crippen LogP contribution is -2.56. The van der Waals surface area contributed by atoms with E-state index in [9.17, 15) is 19.6 Å². The molecule has 3 saturated heterocycles. The smallest absolute Gasteiger partial charge is 0.298 e. The van der Waals surface area contributed by atoms with E-state index in [4.69, 9.17) is 10.5 Å². The van der Waals surface area contributed by atoms with Gasteiger partial charge >= 0.3 is 0 Å². The van der Waals surface area contributed by atoms with Gasteiger partial charge in [-0.15, -0.1) is 0 Å². The molecule has 1 aromatic carbocycles. The number of benzene rings is 1. The number of amides is 2. The minimum absolute atomic E-state index is 0.0382. The lowest BCUT2D eigenvalue weighted by Gasteiger charge is -2.38. The number of piperazine rings is 1. The summed E-state index contributed by atoms with van der Waals surface area (Å²) in [4.78, 5) is 42.3. The Morgan fingerprint density at radius 2 is 2.19 bits per heavy atom. The molecule has 2 amide bonds. The molecule has 5 rings (SSSR count). The molecule has 3 fully saturated rings. The van der Waals surface area contributed by atoms with E-state index >= 15 is 0 Å². The van der Waals surface area contributed by atoms with E-state index in [-0.39, 0.29) is 36.0 Å². The highest BCUT2D eigenvalue weighted by Crippen LogP contribution is 2.44. The number of rotatable bonds is 6. The van der Waals surface area contributed by atoms with Crippen LogP contribution < -0.4 is 10.5 Å². The Morgan fingerprint density at radius 3 is 2.94 bits per heavy atom. The maximum Gasteiger partial charge on any atom is 0.298 e. The first kappa shape index (κ1) is 20.9. The van der Waals surface area contributed by atoms with Crippen molar-refractivity contribution in [1.29, 1.82) is 5.26 Å². The number of nitriles is 1. The molecule has 3 aliphatic heterocycles. The van der Waals surface area contributed by atoms with Gasteiger partial charge in [-0.2, -0.15) is 5.26 Å². The molecule has 2 N–H and O–H groups in total. The quantitative estimate of drug-likeness (QED) is 0.637. The van der Waals surface area contributed by atoms with Crippen molar-refractivity contribution in [2.75, 3.05) is 19.6 Å². The van der Waals surface area contributed by atoms with Crippen LogP contribution in [0.2, 0.25) is 0 Å². The average Bonchev–Trinajstić information content (AvgIpc) is 3.56. The predicted octanol–water partition coefficient (Wildman–Crippen LogP) is 0.336. The van der Waals surface area contributed by atoms with E-state index in [2.05, 4.69) is 6.07 Å². The molecule has 4 aliphatic rings. The second-order valence-electron chi connectivity index (χ2n) is 9.16. The molecule has 3 heterocycles. The minimum Gasteiger partial charge on any atom is -0.429 e. The van der Waals surface area contributed by atoms with Gasteiger partial charge < -0.3 is 20.3 Å². The minimum atomic E-state index is -0.729. The molecule has 0 radical (unpaired) electrons. The fourth-order valence-corrected chi connectivity index (χ4v) is 6.00. The van der Waals surface area contributed by atoms with Gasteiger partial charge in [0.05, 0.1) is 24.2 Å². The number of aryl methyl sites for hydroxylation is 1. The predicted molar refractivity (Wildman–Crippen MR) is 113 cm³/mol. The highest BCUT2D eigenvalue weighted by molar-refractivity contribution is 5.87. The van der Waals surface area contributed by atoms with Crippen LogP contribution in [0.1, 0.15) is 42.9 Å². The number of nitrogens with two attached hydrogens (primary N) is 1. The van der Waals surface area contributed by atoms with Crippen molar-refractivity contribution in [2.45, 2.75) is 62.3 Å². The monoisotopic (exact) mass is 437 g/mol. The van der Waals surface area contributed by atoms with Crippen molar-refractivity contribution in [3.63, 3.8) is 0 Å². The summed E-state index contributed by atoms with van der Waals surface area (Å²) in [5.41, 5.74) is 8.47. The van der Waals surface area contributed by atoms with Gasteiger partial charge in [-0.3, -0.25) is 19.3 Å². The number of likely N-dealkylation sites (tertiary alicyclic amines) is 3. The SMILES string of the molecule is N#C[C@@H]1CCCN1C(=O)[C@@H](N)CN1C[C@@H]2C[C@H]1C(=O)N2[C@@H]1CCc2cc(OC=O)ccc21. The van der Waals surface area contributed by atoms with Crippen LogP contribution in [0, 0.1) is 11.3 Å². The van der Waals surface area contributed by atoms with Crippen molar-refractivity contribution in [3.05, 3.63) is 29.3 Å². The van der Waals surface area contributed by atoms with Crippen LogP contribution in [0.5, 0.6) is 5.75 Å². The number of fused-ring (bicyclic) bond motifs is 3. The molecule has 9 nitrogen and oxygen atoms in total. The Morgan fingerprint density at radius 1 is 1.34 bits per heavy atom. The van der Waals surface area contributed by atoms with Gasteiger partial charge in [0.15, 0.2) is 0 Å². The summed E-state index contributed by atoms with van der Waals surface area (Å²) < 4.78 is 4.95. The van der Waals surface area contributed by atoms with Gasteiger partial charge in [0, 0.05) is 25.7 Å². The van der Waals surface area contributed by atoms with Crippen molar-refractivity contribution in [2.24, 2.45) is 5.73 Å². The van der Waals surface area contributed by atoms with Crippen LogP contribution in [-0.4, -0.2) is 76.8 Å². The van der Waals surface area contributed by atoms with Gasteiger partial charge in [-0.1, -0.05) is 6.07 Å². The summed E-state index contributed by atoms with van der Waals surface area (Å²) in [5, 5.41) is 9.25. The van der Waals surface area contributed by atoms with Crippen molar-refractivity contribution in [1.82, 2.24) is 14.7 Å². The Kier molecular flexibility index (Phi) is 5.35. The standard InChI is InChI=1S/C23H27N5O4/c24-10-15-2-1-7-27(15)22(30)19(25)12-26-11-16-9-21(26)23(31)28(16)20-6-3-14-8-17(32-13-29)4-5-18(14)20/h4-5,8,13,15-16,19-21H,1-3,6-7,9,11-12,25H2/t15-,16-,19-,20+,21-/m0/s1. The van der Waals surface area contributed by atoms with Crippen LogP contribution in [0.3, 0.4) is 0 Å². The van der Waals surface area contributed by atoms with Crippen LogP contribution in [0.4, 0.5) is 0 Å². The van der Waals surface area contributed by atoms with Gasteiger partial charge in [-0.05, 0) is 55.4 Å². The van der Waals surface area contributed by atoms with Crippen LogP contribution in [-0.2, 0) is 20.8 Å². The zero-order chi connectivity index (χ0) is 22.4. The average molecular weight is 438 g/mol. The van der Waals surface area contributed by atoms with Crippen molar-refractivity contribution < 1.29 is 19.1 Å². The fraction of sp³-hybridized carbons (Fsp3) is 0.565. The van der Waals surface area contributed by atoms with Crippen molar-refractivity contribution in [3.8, 4) is 11.8 Å². The molecule has 0 aromatic heterocycles. The maximum atomic E-state index is 13.3. The fourth-order valence-electron chi connectivity index (χ4n) is 6.00. The van der Waals surface area contributed by atoms with Gasteiger partial charge in [-0.25, -0.2) is 0 Å². The Bertz CT molecular complexity index is 991. The molecule has 168 valence electrons. The van der Waals surface area contributed by atoms with Gasteiger partial charge in [0.25, 0.3) is 6.47 Å². The molecule has 0 saturated carbocycles. The van der Waals surface area contributed by atoms with Gasteiger partial charge in [0.1, 0.15) is 11.8 Å². The number of nitrogens with zero attached hydrogens (tertiary/aromatic N) is 4. The van der Waals surface area contributed by atoms with Crippen LogP contribution >= 0.6 is 0 Å². The van der Waals surface area contributed by atoms with Crippen LogP contribution in [0.15, 0.2) is 18.2 Å². The zero-order valence-electron chi connectivity index (χ0n) is 17.9. The number of ether oxygens (including phenoxy) is 1. The lowest BCUT2D eigenvalue weighted by atomic mass is 10.0. The summed E-state index contributed by atoms with van der Waals surface area (Å²) in [6, 6.07) is 6.58.